The van der Waals surface area contributed by atoms with Gasteiger partial charge in [0.1, 0.15) is 5.82 Å². The van der Waals surface area contributed by atoms with Crippen molar-refractivity contribution in [2.75, 3.05) is 6.54 Å². The van der Waals surface area contributed by atoms with Crippen molar-refractivity contribution in [2.24, 2.45) is 0 Å². The highest BCUT2D eigenvalue weighted by molar-refractivity contribution is 6.31. The zero-order valence-electron chi connectivity index (χ0n) is 15.6. The maximum Gasteiger partial charge on any atom is 0.254 e. The van der Waals surface area contributed by atoms with Crippen LogP contribution < -0.4 is 0 Å². The lowest BCUT2D eigenvalue weighted by Crippen LogP contribution is -2.32. The Morgan fingerprint density at radius 1 is 1.07 bits per heavy atom. The lowest BCUT2D eigenvalue weighted by molar-refractivity contribution is 0.0737. The predicted molar refractivity (Wildman–Crippen MR) is 112 cm³/mol. The second-order valence-electron chi connectivity index (χ2n) is 6.55. The first-order valence-electron chi connectivity index (χ1n) is 9.23. The van der Waals surface area contributed by atoms with Crippen molar-refractivity contribution < 1.29 is 4.79 Å². The fraction of sp³-hybridized carbons (Fsp3) is 0.333. The number of aromatic nitrogens is 2. The van der Waals surface area contributed by atoms with Gasteiger partial charge in [0, 0.05) is 28.7 Å². The Balaban J connectivity index is 1.96. The summed E-state index contributed by atoms with van der Waals surface area (Å²) in [6.45, 7) is 6.12. The Bertz CT molecular complexity index is 952. The Hall–Kier alpha value is -2.04. The number of carbonyl (C=O) groups excluding carboxylic acids is 1. The van der Waals surface area contributed by atoms with Gasteiger partial charge < -0.3 is 9.47 Å². The highest BCUT2D eigenvalue weighted by Gasteiger charge is 2.19. The van der Waals surface area contributed by atoms with Crippen molar-refractivity contribution in [1.82, 2.24) is 14.5 Å². The fourth-order valence-electron chi connectivity index (χ4n) is 3.24. The molecule has 3 rings (SSSR count). The summed E-state index contributed by atoms with van der Waals surface area (Å²) in [5.41, 5.74) is 2.50. The molecule has 0 fully saturated rings. The number of nitrogens with zero attached hydrogens (tertiary/aromatic N) is 3. The average molecular weight is 404 g/mol. The average Bonchev–Trinajstić information content (AvgIpc) is 2.98. The van der Waals surface area contributed by atoms with E-state index in [4.69, 9.17) is 28.2 Å². The lowest BCUT2D eigenvalue weighted by atomic mass is 10.2. The van der Waals surface area contributed by atoms with Crippen LogP contribution >= 0.6 is 23.2 Å². The molecule has 0 aliphatic heterocycles. The van der Waals surface area contributed by atoms with Gasteiger partial charge in [-0.25, -0.2) is 4.98 Å². The van der Waals surface area contributed by atoms with Crippen molar-refractivity contribution in [2.45, 2.75) is 39.8 Å². The van der Waals surface area contributed by atoms with Gasteiger partial charge in [0.05, 0.1) is 17.6 Å². The van der Waals surface area contributed by atoms with Crippen LogP contribution in [0.25, 0.3) is 11.0 Å². The number of fused-ring (bicyclic) bond motifs is 1. The minimum atomic E-state index is -0.0347. The Labute approximate surface area is 169 Å². The molecule has 0 unspecified atom stereocenters. The number of benzene rings is 2. The summed E-state index contributed by atoms with van der Waals surface area (Å²) in [4.78, 5) is 19.6. The first kappa shape index (κ1) is 19.7. The van der Waals surface area contributed by atoms with E-state index in [2.05, 4.69) is 18.4 Å². The van der Waals surface area contributed by atoms with E-state index in [0.29, 0.717) is 28.7 Å². The molecule has 27 heavy (non-hydrogen) atoms. The number of hydrogen-bond acceptors (Lipinski definition) is 2. The van der Waals surface area contributed by atoms with Crippen LogP contribution in [0.2, 0.25) is 10.0 Å². The molecule has 0 spiro atoms. The molecule has 0 aliphatic carbocycles. The van der Waals surface area contributed by atoms with Crippen molar-refractivity contribution in [1.29, 1.82) is 0 Å². The quantitative estimate of drug-likeness (QED) is 0.499. The number of aryl methyl sites for hydroxylation is 1. The molecule has 6 heteroatoms. The van der Waals surface area contributed by atoms with E-state index in [1.165, 1.54) is 0 Å². The molecule has 4 nitrogen and oxygen atoms in total. The normalized spacial score (nSPS) is 11.1. The van der Waals surface area contributed by atoms with Crippen LogP contribution in [0.5, 0.6) is 0 Å². The summed E-state index contributed by atoms with van der Waals surface area (Å²) < 4.78 is 2.16. The molecule has 0 radical (unpaired) electrons. The van der Waals surface area contributed by atoms with E-state index in [9.17, 15) is 4.79 Å². The molecule has 0 aliphatic rings. The van der Waals surface area contributed by atoms with Gasteiger partial charge in [-0.3, -0.25) is 4.79 Å². The molecule has 2 aromatic carbocycles. The third kappa shape index (κ3) is 4.45. The molecule has 1 heterocycles. The lowest BCUT2D eigenvalue weighted by Gasteiger charge is -2.22. The van der Waals surface area contributed by atoms with Crippen molar-refractivity contribution >= 4 is 40.1 Å². The highest BCUT2D eigenvalue weighted by Crippen LogP contribution is 2.23. The summed E-state index contributed by atoms with van der Waals surface area (Å²) in [6.07, 6.45) is 1.84. The zero-order valence-corrected chi connectivity index (χ0v) is 17.1. The molecule has 0 bridgehead atoms. The van der Waals surface area contributed by atoms with Crippen LogP contribution in [0.15, 0.2) is 42.5 Å². The number of imidazole rings is 1. The molecule has 0 atom stereocenters. The standard InChI is InChI=1S/C21H23Cl2N3O/c1-3-10-25(21(27)15-6-5-7-16(22)12-15)14-20-24-18-9-8-17(23)13-19(18)26(20)11-4-2/h5-9,12-13H,3-4,10-11,14H2,1-2H3. The Morgan fingerprint density at radius 3 is 2.56 bits per heavy atom. The minimum absolute atomic E-state index is 0.0347. The van der Waals surface area contributed by atoms with E-state index in [-0.39, 0.29) is 5.91 Å². The summed E-state index contributed by atoms with van der Waals surface area (Å²) >= 11 is 12.2. The molecule has 0 saturated heterocycles. The number of hydrogen-bond donors (Lipinski definition) is 0. The summed E-state index contributed by atoms with van der Waals surface area (Å²) in [5, 5.41) is 1.25. The van der Waals surface area contributed by atoms with E-state index >= 15 is 0 Å². The van der Waals surface area contributed by atoms with Gasteiger partial charge in [0.15, 0.2) is 0 Å². The monoisotopic (exact) mass is 403 g/mol. The summed E-state index contributed by atoms with van der Waals surface area (Å²) in [7, 11) is 0. The fourth-order valence-corrected chi connectivity index (χ4v) is 3.59. The molecule has 142 valence electrons. The number of carbonyl (C=O) groups is 1. The first-order valence-corrected chi connectivity index (χ1v) is 9.98. The molecular weight excluding hydrogens is 381 g/mol. The predicted octanol–water partition coefficient (Wildman–Crippen LogP) is 5.81. The van der Waals surface area contributed by atoms with Crippen molar-refractivity contribution in [3.05, 3.63) is 63.9 Å². The van der Waals surface area contributed by atoms with Gasteiger partial charge in [-0.2, -0.15) is 0 Å². The van der Waals surface area contributed by atoms with Gasteiger partial charge in [-0.05, 0) is 49.2 Å². The van der Waals surface area contributed by atoms with Crippen LogP contribution in [0.1, 0.15) is 42.9 Å². The van der Waals surface area contributed by atoms with Gasteiger partial charge in [0.2, 0.25) is 0 Å². The van der Waals surface area contributed by atoms with E-state index in [1.807, 2.05) is 23.1 Å². The second-order valence-corrected chi connectivity index (χ2v) is 7.42. The second kappa shape index (κ2) is 8.77. The van der Waals surface area contributed by atoms with Crippen LogP contribution in [-0.4, -0.2) is 26.9 Å². The third-order valence-electron chi connectivity index (χ3n) is 4.42. The van der Waals surface area contributed by atoms with Crippen molar-refractivity contribution in [3.63, 3.8) is 0 Å². The summed E-state index contributed by atoms with van der Waals surface area (Å²) in [6, 6.07) is 12.8. The van der Waals surface area contributed by atoms with Crippen LogP contribution in [0, 0.1) is 0 Å². The Morgan fingerprint density at radius 2 is 1.85 bits per heavy atom. The molecule has 1 aromatic heterocycles. The zero-order chi connectivity index (χ0) is 19.4. The third-order valence-corrected chi connectivity index (χ3v) is 4.89. The van der Waals surface area contributed by atoms with Crippen LogP contribution in [0.3, 0.4) is 0 Å². The Kier molecular flexibility index (Phi) is 6.40. The molecule has 1 amide bonds. The van der Waals surface area contributed by atoms with Gasteiger partial charge >= 0.3 is 0 Å². The SMILES string of the molecule is CCCN(Cc1nc2ccc(Cl)cc2n1CCC)C(=O)c1cccc(Cl)c1. The van der Waals surface area contributed by atoms with Gasteiger partial charge in [0.25, 0.3) is 5.91 Å². The largest absolute Gasteiger partial charge is 0.331 e. The number of amides is 1. The smallest absolute Gasteiger partial charge is 0.254 e. The topological polar surface area (TPSA) is 38.1 Å². The van der Waals surface area contributed by atoms with E-state index in [1.54, 1.807) is 24.3 Å². The molecule has 3 aromatic rings. The van der Waals surface area contributed by atoms with Crippen LogP contribution in [0.4, 0.5) is 0 Å². The summed E-state index contributed by atoms with van der Waals surface area (Å²) in [5.74, 6) is 0.838. The van der Waals surface area contributed by atoms with Gasteiger partial charge in [-0.15, -0.1) is 0 Å². The number of rotatable bonds is 7. The highest BCUT2D eigenvalue weighted by atomic mass is 35.5. The molecular formula is C21H23Cl2N3O. The number of halogens is 2. The van der Waals surface area contributed by atoms with Crippen molar-refractivity contribution in [3.8, 4) is 0 Å². The molecule has 0 N–H and O–H groups in total. The first-order chi connectivity index (χ1) is 13.0. The maximum absolute atomic E-state index is 13.0. The molecule has 0 saturated carbocycles. The van der Waals surface area contributed by atoms with Gasteiger partial charge in [-0.1, -0.05) is 43.1 Å². The van der Waals surface area contributed by atoms with E-state index in [0.717, 1.165) is 36.2 Å². The minimum Gasteiger partial charge on any atom is -0.331 e. The maximum atomic E-state index is 13.0. The van der Waals surface area contributed by atoms with Crippen LogP contribution in [-0.2, 0) is 13.1 Å². The van der Waals surface area contributed by atoms with E-state index < -0.39 is 0 Å².